The number of nitrogens with one attached hydrogen (secondary N) is 2. The van der Waals surface area contributed by atoms with E-state index in [1.165, 1.54) is 18.2 Å². The van der Waals surface area contributed by atoms with Crippen molar-refractivity contribution in [2.45, 2.75) is 25.6 Å². The van der Waals surface area contributed by atoms with Crippen LogP contribution in [0.5, 0.6) is 0 Å². The van der Waals surface area contributed by atoms with E-state index in [0.29, 0.717) is 0 Å². The van der Waals surface area contributed by atoms with Crippen molar-refractivity contribution in [3.63, 3.8) is 0 Å². The number of hydrogen-bond acceptors (Lipinski definition) is 5. The third kappa shape index (κ3) is 8.30. The first kappa shape index (κ1) is 22.4. The molecule has 9 heteroatoms. The van der Waals surface area contributed by atoms with E-state index in [0.717, 1.165) is 11.8 Å². The van der Waals surface area contributed by atoms with Crippen molar-refractivity contribution in [3.05, 3.63) is 71.5 Å². The van der Waals surface area contributed by atoms with Gasteiger partial charge in [0.1, 0.15) is 28.3 Å². The number of hydrogen-bond donors (Lipinski definition) is 2. The van der Waals surface area contributed by atoms with Gasteiger partial charge in [-0.2, -0.15) is 0 Å². The van der Waals surface area contributed by atoms with Crippen LogP contribution in [0.25, 0.3) is 0 Å². The molecular weight excluding hydrogens is 399 g/mol. The lowest BCUT2D eigenvalue weighted by molar-refractivity contribution is -0.123. The van der Waals surface area contributed by atoms with Crippen molar-refractivity contribution < 1.29 is 27.1 Å². The lowest BCUT2D eigenvalue weighted by atomic mass is 10.2. The molecule has 2 N–H and O–H groups in total. The minimum Gasteiger partial charge on any atom is -0.445 e. The zero-order valence-corrected chi connectivity index (χ0v) is 16.7. The molecule has 2 aromatic carbocycles. The summed E-state index contributed by atoms with van der Waals surface area (Å²) in [6.07, 6.45) is 0.0469. The highest BCUT2D eigenvalue weighted by Crippen LogP contribution is 2.07. The highest BCUT2D eigenvalue weighted by molar-refractivity contribution is 7.90. The van der Waals surface area contributed by atoms with Gasteiger partial charge in [-0.1, -0.05) is 48.5 Å². The molecule has 2 aromatic rings. The molecule has 0 heterocycles. The summed E-state index contributed by atoms with van der Waals surface area (Å²) < 4.78 is 41.7. The Labute approximate surface area is 169 Å². The fourth-order valence-corrected chi connectivity index (χ4v) is 3.12. The second-order valence-electron chi connectivity index (χ2n) is 6.49. The van der Waals surface area contributed by atoms with Gasteiger partial charge in [0.15, 0.2) is 0 Å². The Kier molecular flexibility index (Phi) is 8.14. The third-order valence-corrected chi connectivity index (χ3v) is 4.99. The van der Waals surface area contributed by atoms with Crippen LogP contribution < -0.4 is 10.6 Å². The van der Waals surface area contributed by atoms with Crippen molar-refractivity contribution >= 4 is 21.8 Å². The van der Waals surface area contributed by atoms with Gasteiger partial charge in [-0.3, -0.25) is 4.79 Å². The maximum absolute atomic E-state index is 13.7. The highest BCUT2D eigenvalue weighted by Gasteiger charge is 2.23. The summed E-state index contributed by atoms with van der Waals surface area (Å²) in [5.41, 5.74) is 1.04. The summed E-state index contributed by atoms with van der Waals surface area (Å²) in [4.78, 5) is 24.5. The van der Waals surface area contributed by atoms with Crippen LogP contribution in [0.3, 0.4) is 0 Å². The lowest BCUT2D eigenvalue weighted by Crippen LogP contribution is -2.47. The van der Waals surface area contributed by atoms with E-state index >= 15 is 0 Å². The van der Waals surface area contributed by atoms with Crippen molar-refractivity contribution in [1.29, 1.82) is 0 Å². The number of alkyl carbamates (subject to hydrolysis) is 1. The molecule has 0 aliphatic heterocycles. The summed E-state index contributed by atoms with van der Waals surface area (Å²) in [7, 11) is -3.35. The number of benzene rings is 2. The molecular formula is C20H23FN2O5S. The van der Waals surface area contributed by atoms with Crippen molar-refractivity contribution in [1.82, 2.24) is 10.6 Å². The maximum Gasteiger partial charge on any atom is 0.408 e. The molecule has 0 bridgehead atoms. The van der Waals surface area contributed by atoms with E-state index < -0.39 is 33.7 Å². The summed E-state index contributed by atoms with van der Waals surface area (Å²) in [6, 6.07) is 13.8. The topological polar surface area (TPSA) is 102 Å². The SMILES string of the molecule is CS(=O)(=O)CCC(NC(=O)OCc1ccccc1)C(=O)NCc1ccccc1F. The van der Waals surface area contributed by atoms with E-state index in [1.807, 2.05) is 6.07 Å². The van der Waals surface area contributed by atoms with Gasteiger partial charge in [-0.15, -0.1) is 0 Å². The average Bonchev–Trinajstić information content (AvgIpc) is 2.69. The molecule has 1 atom stereocenters. The largest absolute Gasteiger partial charge is 0.445 e. The van der Waals surface area contributed by atoms with Crippen molar-refractivity contribution in [2.24, 2.45) is 0 Å². The van der Waals surface area contributed by atoms with Crippen LogP contribution in [-0.2, 0) is 32.5 Å². The van der Waals surface area contributed by atoms with Gasteiger partial charge >= 0.3 is 6.09 Å². The molecule has 0 aliphatic rings. The van der Waals surface area contributed by atoms with Gasteiger partial charge < -0.3 is 15.4 Å². The number of ether oxygens (including phenoxy) is 1. The minimum atomic E-state index is -3.35. The Morgan fingerprint density at radius 1 is 1.07 bits per heavy atom. The molecule has 0 aliphatic carbocycles. The smallest absolute Gasteiger partial charge is 0.408 e. The Hall–Kier alpha value is -2.94. The van der Waals surface area contributed by atoms with E-state index in [-0.39, 0.29) is 30.9 Å². The maximum atomic E-state index is 13.7. The standard InChI is InChI=1S/C20H23FN2O5S/c1-29(26,27)12-11-18(19(24)22-13-16-9-5-6-10-17(16)21)23-20(25)28-14-15-7-3-2-4-8-15/h2-10,18H,11-14H2,1H3,(H,22,24)(H,23,25). The Balaban J connectivity index is 1.96. The second kappa shape index (κ2) is 10.6. The van der Waals surface area contributed by atoms with Crippen LogP contribution in [0.2, 0.25) is 0 Å². The molecule has 156 valence electrons. The summed E-state index contributed by atoms with van der Waals surface area (Å²) in [5.74, 6) is -1.41. The van der Waals surface area contributed by atoms with Gasteiger partial charge in [-0.05, 0) is 18.1 Å². The third-order valence-electron chi connectivity index (χ3n) is 4.01. The fourth-order valence-electron chi connectivity index (χ4n) is 2.46. The molecule has 0 fully saturated rings. The highest BCUT2D eigenvalue weighted by atomic mass is 32.2. The number of sulfone groups is 1. The van der Waals surface area contributed by atoms with Crippen molar-refractivity contribution in [2.75, 3.05) is 12.0 Å². The predicted molar refractivity (Wildman–Crippen MR) is 106 cm³/mol. The fraction of sp³-hybridized carbons (Fsp3) is 0.300. The van der Waals surface area contributed by atoms with Crippen LogP contribution in [0.15, 0.2) is 54.6 Å². The van der Waals surface area contributed by atoms with Crippen LogP contribution in [0, 0.1) is 5.82 Å². The summed E-state index contributed by atoms with van der Waals surface area (Å²) in [6.45, 7) is -0.0933. The quantitative estimate of drug-likeness (QED) is 0.645. The van der Waals surface area contributed by atoms with E-state index in [1.54, 1.807) is 30.3 Å². The molecule has 0 aromatic heterocycles. The molecule has 0 spiro atoms. The van der Waals surface area contributed by atoms with Gasteiger partial charge in [0.25, 0.3) is 0 Å². The Morgan fingerprint density at radius 3 is 2.38 bits per heavy atom. The molecule has 0 saturated heterocycles. The van der Waals surface area contributed by atoms with E-state index in [4.69, 9.17) is 4.74 Å². The van der Waals surface area contributed by atoms with Gasteiger partial charge in [0, 0.05) is 18.4 Å². The monoisotopic (exact) mass is 422 g/mol. The number of amides is 2. The van der Waals surface area contributed by atoms with E-state index in [9.17, 15) is 22.4 Å². The van der Waals surface area contributed by atoms with Gasteiger partial charge in [0.05, 0.1) is 5.75 Å². The number of carbonyl (C=O) groups is 2. The molecule has 29 heavy (non-hydrogen) atoms. The number of carbonyl (C=O) groups excluding carboxylic acids is 2. The first-order valence-corrected chi connectivity index (χ1v) is 11.0. The number of rotatable bonds is 9. The molecule has 7 nitrogen and oxygen atoms in total. The minimum absolute atomic E-state index is 0.00230. The first-order valence-electron chi connectivity index (χ1n) is 8.90. The Morgan fingerprint density at radius 2 is 1.72 bits per heavy atom. The zero-order valence-electron chi connectivity index (χ0n) is 15.9. The molecule has 1 unspecified atom stereocenters. The molecule has 0 radical (unpaired) electrons. The molecule has 2 rings (SSSR count). The summed E-state index contributed by atoms with van der Waals surface area (Å²) in [5, 5.41) is 4.89. The zero-order chi connectivity index (χ0) is 21.3. The second-order valence-corrected chi connectivity index (χ2v) is 8.75. The number of halogens is 1. The van der Waals surface area contributed by atoms with Crippen LogP contribution in [-0.4, -0.2) is 38.5 Å². The lowest BCUT2D eigenvalue weighted by Gasteiger charge is -2.18. The molecule has 0 saturated carbocycles. The van der Waals surface area contributed by atoms with Gasteiger partial charge in [-0.25, -0.2) is 17.6 Å². The normalized spacial score (nSPS) is 12.1. The first-order chi connectivity index (χ1) is 13.7. The average molecular weight is 422 g/mol. The van der Waals surface area contributed by atoms with Crippen LogP contribution in [0.4, 0.5) is 9.18 Å². The molecule has 2 amide bonds. The summed E-state index contributed by atoms with van der Waals surface area (Å²) >= 11 is 0. The van der Waals surface area contributed by atoms with Crippen molar-refractivity contribution in [3.8, 4) is 0 Å². The van der Waals surface area contributed by atoms with E-state index in [2.05, 4.69) is 10.6 Å². The van der Waals surface area contributed by atoms with Gasteiger partial charge in [0.2, 0.25) is 5.91 Å². The van der Waals surface area contributed by atoms with Crippen LogP contribution >= 0.6 is 0 Å². The predicted octanol–water partition coefficient (Wildman–Crippen LogP) is 2.17. The Bertz CT molecular complexity index is 935. The van der Waals surface area contributed by atoms with Crippen LogP contribution in [0.1, 0.15) is 17.5 Å².